The van der Waals surface area contributed by atoms with Gasteiger partial charge in [-0.15, -0.1) is 0 Å². The van der Waals surface area contributed by atoms with Gasteiger partial charge in [0, 0.05) is 25.0 Å². The van der Waals surface area contributed by atoms with Gasteiger partial charge >= 0.3 is 17.1 Å². The van der Waals surface area contributed by atoms with Crippen LogP contribution < -0.4 is 10.9 Å². The molecule has 0 aliphatic carbocycles. The van der Waals surface area contributed by atoms with Gasteiger partial charge in [0.1, 0.15) is 11.5 Å². The van der Waals surface area contributed by atoms with Crippen LogP contribution in [0.4, 0.5) is 0 Å². The quantitative estimate of drug-likeness (QED) is 0.806. The van der Waals surface area contributed by atoms with Gasteiger partial charge in [-0.2, -0.15) is 0 Å². The molecule has 0 saturated heterocycles. The van der Waals surface area contributed by atoms with Crippen LogP contribution in [0.15, 0.2) is 43.1 Å². The zero-order chi connectivity index (χ0) is 15.1. The maximum absolute atomic E-state index is 10.7. The third-order valence-electron chi connectivity index (χ3n) is 2.50. The first kappa shape index (κ1) is 19.0. The van der Waals surface area contributed by atoms with Crippen molar-refractivity contribution in [3.8, 4) is 11.5 Å². The summed E-state index contributed by atoms with van der Waals surface area (Å²) in [6.07, 6.45) is 3.62. The van der Waals surface area contributed by atoms with Gasteiger partial charge in [0.2, 0.25) is 22.4 Å². The Morgan fingerprint density at radius 2 is 1.19 bits per heavy atom. The third-order valence-corrected chi connectivity index (χ3v) is 2.50. The molecule has 21 heavy (non-hydrogen) atoms. The Bertz CT molecular complexity index is 614. The average Bonchev–Trinajstić information content (AvgIpc) is 2.45. The van der Waals surface area contributed by atoms with E-state index in [-0.39, 0.29) is 39.4 Å². The first-order chi connectivity index (χ1) is 9.51. The van der Waals surface area contributed by atoms with E-state index in [9.17, 15) is 9.59 Å². The van der Waals surface area contributed by atoms with Crippen molar-refractivity contribution in [1.82, 2.24) is 0 Å². The molecule has 6 nitrogen and oxygen atoms in total. The Hall–Kier alpha value is -1.98. The number of aryl methyl sites for hydroxylation is 2. The number of aromatic hydroxyl groups is 2. The summed E-state index contributed by atoms with van der Waals surface area (Å²) in [6.45, 7) is 3.61. The van der Waals surface area contributed by atoms with Crippen LogP contribution in [-0.2, 0) is 29.9 Å². The molecule has 117 valence electrons. The number of hydrogen-bond acceptors (Lipinski definition) is 6. The molecule has 2 heterocycles. The van der Waals surface area contributed by atoms with Crippen molar-refractivity contribution in [2.45, 2.75) is 26.7 Å². The predicted octanol–water partition coefficient (Wildman–Crippen LogP) is 1.81. The molecule has 2 N–H and O–H groups in total. The number of rotatable bonds is 2. The molecule has 0 saturated carbocycles. The number of hydrogen-bond donors (Lipinski definition) is 2. The molecule has 7 heteroatoms. The van der Waals surface area contributed by atoms with Crippen LogP contribution in [0.5, 0.6) is 11.5 Å². The van der Waals surface area contributed by atoms with Gasteiger partial charge in [-0.05, 0) is 0 Å². The fraction of sp³-hybridized carbons (Fsp3) is 0.286. The van der Waals surface area contributed by atoms with Crippen LogP contribution in [0.2, 0.25) is 0 Å². The molecule has 0 unspecified atom stereocenters. The summed E-state index contributed by atoms with van der Waals surface area (Å²) in [5.41, 5.74) is -0.772. The Labute approximate surface area is 131 Å². The molecule has 1 radical (unpaired) electrons. The van der Waals surface area contributed by atoms with E-state index in [0.29, 0.717) is 24.4 Å². The van der Waals surface area contributed by atoms with E-state index < -0.39 is 0 Å². The summed E-state index contributed by atoms with van der Waals surface area (Å²) in [5, 5.41) is 18.0. The van der Waals surface area contributed by atoms with Gasteiger partial charge in [-0.1, -0.05) is 13.8 Å². The second kappa shape index (κ2) is 9.05. The van der Waals surface area contributed by atoms with E-state index in [4.69, 9.17) is 19.0 Å². The maximum atomic E-state index is 10.7. The van der Waals surface area contributed by atoms with Crippen molar-refractivity contribution < 1.29 is 36.1 Å². The summed E-state index contributed by atoms with van der Waals surface area (Å²) in [6, 6.07) is 2.38. The standard InChI is InChI=1S/2C7H8O3.Cu/c2*1-2-6-7(9)5(8)3-4-10-6;/h2*3-4,9H,2H2,1H3;/q;;+2. The minimum atomic E-state index is -0.386. The smallest absolute Gasteiger partial charge is 0.502 e. The molecule has 2 aromatic heterocycles. The van der Waals surface area contributed by atoms with E-state index in [1.165, 1.54) is 24.7 Å². The monoisotopic (exact) mass is 343 g/mol. The van der Waals surface area contributed by atoms with Crippen molar-refractivity contribution in [3.05, 3.63) is 56.6 Å². The van der Waals surface area contributed by atoms with Crippen molar-refractivity contribution in [2.24, 2.45) is 0 Å². The van der Waals surface area contributed by atoms with E-state index in [1.54, 1.807) is 13.8 Å². The summed E-state index contributed by atoms with van der Waals surface area (Å²) in [4.78, 5) is 21.4. The minimum Gasteiger partial charge on any atom is -0.502 e. The zero-order valence-electron chi connectivity index (χ0n) is 11.6. The summed E-state index contributed by atoms with van der Waals surface area (Å²) >= 11 is 0. The van der Waals surface area contributed by atoms with E-state index >= 15 is 0 Å². The minimum absolute atomic E-state index is 0. The van der Waals surface area contributed by atoms with Crippen molar-refractivity contribution >= 4 is 0 Å². The van der Waals surface area contributed by atoms with Crippen molar-refractivity contribution in [2.75, 3.05) is 0 Å². The molecular weight excluding hydrogens is 328 g/mol. The molecule has 0 atom stereocenters. The second-order valence-electron chi connectivity index (χ2n) is 3.82. The van der Waals surface area contributed by atoms with E-state index in [0.717, 1.165) is 0 Å². The molecule has 0 aromatic carbocycles. The molecule has 2 aromatic rings. The van der Waals surface area contributed by atoms with Crippen molar-refractivity contribution in [1.29, 1.82) is 0 Å². The molecule has 0 bridgehead atoms. The predicted molar refractivity (Wildman–Crippen MR) is 72.0 cm³/mol. The van der Waals surface area contributed by atoms with Crippen molar-refractivity contribution in [3.63, 3.8) is 0 Å². The van der Waals surface area contributed by atoms with Crippen LogP contribution >= 0.6 is 0 Å². The molecule has 0 amide bonds. The Morgan fingerprint density at radius 3 is 1.43 bits per heavy atom. The summed E-state index contributed by atoms with van der Waals surface area (Å²) in [7, 11) is 0. The van der Waals surface area contributed by atoms with Gasteiger partial charge in [0.25, 0.3) is 0 Å². The van der Waals surface area contributed by atoms with Gasteiger partial charge in [0.05, 0.1) is 12.5 Å². The van der Waals surface area contributed by atoms with Crippen LogP contribution in [0.1, 0.15) is 25.4 Å². The largest absolute Gasteiger partial charge is 2.00 e. The van der Waals surface area contributed by atoms with Gasteiger partial charge in [-0.3, -0.25) is 9.59 Å². The fourth-order valence-corrected chi connectivity index (χ4v) is 1.40. The average molecular weight is 344 g/mol. The second-order valence-corrected chi connectivity index (χ2v) is 3.82. The normalized spacial score (nSPS) is 9.24. The topological polar surface area (TPSA) is 101 Å². The summed E-state index contributed by atoms with van der Waals surface area (Å²) < 4.78 is 9.68. The Balaban J connectivity index is 0.000000364. The van der Waals surface area contributed by atoms with Gasteiger partial charge < -0.3 is 19.0 Å². The van der Waals surface area contributed by atoms with E-state index in [2.05, 4.69) is 0 Å². The van der Waals surface area contributed by atoms with Crippen LogP contribution in [0, 0.1) is 0 Å². The molecule has 2 rings (SSSR count). The molecule has 0 fully saturated rings. The Kier molecular flexibility index (Phi) is 8.19. The summed E-state index contributed by atoms with van der Waals surface area (Å²) in [5.74, 6) is 0.134. The van der Waals surface area contributed by atoms with Crippen LogP contribution in [0.3, 0.4) is 0 Å². The van der Waals surface area contributed by atoms with Gasteiger partial charge in [0.15, 0.2) is 0 Å². The molecule has 0 spiro atoms. The SMILES string of the molecule is CCc1occc(=O)c1O.CCc1occc(=O)c1O.[Cu+2]. The zero-order valence-corrected chi connectivity index (χ0v) is 12.5. The Morgan fingerprint density at radius 1 is 0.857 bits per heavy atom. The van der Waals surface area contributed by atoms with E-state index in [1.807, 2.05) is 0 Å². The molecular formula is C14H16CuO6+2. The first-order valence-corrected chi connectivity index (χ1v) is 6.10. The molecule has 0 aliphatic heterocycles. The third kappa shape index (κ3) is 5.13. The molecule has 0 aliphatic rings. The fourth-order valence-electron chi connectivity index (χ4n) is 1.40. The van der Waals surface area contributed by atoms with Crippen LogP contribution in [-0.4, -0.2) is 10.2 Å². The maximum Gasteiger partial charge on any atom is 2.00 e. The van der Waals surface area contributed by atoms with Gasteiger partial charge in [-0.25, -0.2) is 0 Å². The van der Waals surface area contributed by atoms with Crippen LogP contribution in [0.25, 0.3) is 0 Å². The first-order valence-electron chi connectivity index (χ1n) is 6.10.